The second-order valence-electron chi connectivity index (χ2n) is 6.74. The lowest BCUT2D eigenvalue weighted by Gasteiger charge is -2.10. The van der Waals surface area contributed by atoms with Gasteiger partial charge in [0.05, 0.1) is 0 Å². The SMILES string of the molecule is Cc1ccccc1OCCOc1cccc(/C=C2\N=C(c3ccccc3)OC2=O)c1. The molecule has 0 fully saturated rings. The molecule has 0 N–H and O–H groups in total. The van der Waals surface area contributed by atoms with Crippen LogP contribution in [-0.2, 0) is 9.53 Å². The molecule has 3 aromatic rings. The molecule has 0 bridgehead atoms. The van der Waals surface area contributed by atoms with E-state index in [9.17, 15) is 4.79 Å². The molecule has 1 aliphatic rings. The van der Waals surface area contributed by atoms with Gasteiger partial charge in [0.2, 0.25) is 5.90 Å². The molecule has 150 valence electrons. The fourth-order valence-electron chi connectivity index (χ4n) is 2.99. The highest BCUT2D eigenvalue weighted by Gasteiger charge is 2.23. The van der Waals surface area contributed by atoms with Gasteiger partial charge in [-0.15, -0.1) is 0 Å². The minimum atomic E-state index is -0.466. The molecule has 0 spiro atoms. The van der Waals surface area contributed by atoms with E-state index in [2.05, 4.69) is 4.99 Å². The lowest BCUT2D eigenvalue weighted by Crippen LogP contribution is -2.09. The van der Waals surface area contributed by atoms with Crippen LogP contribution in [0.25, 0.3) is 6.08 Å². The summed E-state index contributed by atoms with van der Waals surface area (Å²) < 4.78 is 16.8. The number of esters is 1. The monoisotopic (exact) mass is 399 g/mol. The number of rotatable bonds is 7. The molecule has 0 saturated heterocycles. The van der Waals surface area contributed by atoms with Crippen molar-refractivity contribution in [2.45, 2.75) is 6.92 Å². The Morgan fingerprint density at radius 3 is 2.50 bits per heavy atom. The van der Waals surface area contributed by atoms with Crippen LogP contribution in [0.1, 0.15) is 16.7 Å². The largest absolute Gasteiger partial charge is 0.490 e. The van der Waals surface area contributed by atoms with Crippen LogP contribution >= 0.6 is 0 Å². The summed E-state index contributed by atoms with van der Waals surface area (Å²) in [6.45, 7) is 2.85. The molecular formula is C25H21NO4. The average molecular weight is 399 g/mol. The van der Waals surface area contributed by atoms with Crippen molar-refractivity contribution < 1.29 is 19.0 Å². The highest BCUT2D eigenvalue weighted by Crippen LogP contribution is 2.21. The predicted molar refractivity (Wildman–Crippen MR) is 116 cm³/mol. The van der Waals surface area contributed by atoms with Crippen LogP contribution in [0.3, 0.4) is 0 Å². The summed E-state index contributed by atoms with van der Waals surface area (Å²) in [6, 6.07) is 24.7. The van der Waals surface area contributed by atoms with E-state index in [1.807, 2.05) is 85.8 Å². The highest BCUT2D eigenvalue weighted by atomic mass is 16.6. The fourth-order valence-corrected chi connectivity index (χ4v) is 2.99. The molecule has 5 heteroatoms. The lowest BCUT2D eigenvalue weighted by molar-refractivity contribution is -0.129. The van der Waals surface area contributed by atoms with Crippen LogP contribution in [0.4, 0.5) is 0 Å². The molecule has 30 heavy (non-hydrogen) atoms. The van der Waals surface area contributed by atoms with E-state index in [4.69, 9.17) is 14.2 Å². The Bertz CT molecular complexity index is 1100. The Hall–Kier alpha value is -3.86. The summed E-state index contributed by atoms with van der Waals surface area (Å²) in [6.07, 6.45) is 1.69. The van der Waals surface area contributed by atoms with E-state index < -0.39 is 5.97 Å². The number of aliphatic imine (C=N–C) groups is 1. The molecule has 0 atom stereocenters. The Morgan fingerprint density at radius 2 is 1.67 bits per heavy atom. The Labute approximate surface area is 175 Å². The highest BCUT2D eigenvalue weighted by molar-refractivity contribution is 6.12. The Kier molecular flexibility index (Phi) is 5.90. The van der Waals surface area contributed by atoms with Gasteiger partial charge in [-0.2, -0.15) is 0 Å². The van der Waals surface area contributed by atoms with E-state index in [1.165, 1.54) is 0 Å². The number of para-hydroxylation sites is 1. The third kappa shape index (κ3) is 4.75. The van der Waals surface area contributed by atoms with Gasteiger partial charge in [-0.05, 0) is 54.5 Å². The second kappa shape index (κ2) is 9.09. The number of ether oxygens (including phenoxy) is 3. The number of carbonyl (C=O) groups is 1. The third-order valence-electron chi connectivity index (χ3n) is 4.51. The van der Waals surface area contributed by atoms with E-state index in [0.717, 1.165) is 22.4 Å². The van der Waals surface area contributed by atoms with Crippen LogP contribution in [0, 0.1) is 6.92 Å². The van der Waals surface area contributed by atoms with Gasteiger partial charge >= 0.3 is 5.97 Å². The van der Waals surface area contributed by atoms with E-state index in [0.29, 0.717) is 24.9 Å². The van der Waals surface area contributed by atoms with Crippen molar-refractivity contribution in [2.24, 2.45) is 4.99 Å². The molecule has 1 heterocycles. The van der Waals surface area contributed by atoms with Crippen LogP contribution in [0.15, 0.2) is 89.6 Å². The number of benzene rings is 3. The minimum absolute atomic E-state index is 0.258. The first kappa shape index (κ1) is 19.5. The molecule has 3 aromatic carbocycles. The quantitative estimate of drug-likeness (QED) is 0.325. The normalized spacial score (nSPS) is 14.4. The molecule has 0 aliphatic carbocycles. The number of nitrogens with zero attached hydrogens (tertiary/aromatic N) is 1. The summed E-state index contributed by atoms with van der Waals surface area (Å²) in [4.78, 5) is 16.5. The summed E-state index contributed by atoms with van der Waals surface area (Å²) in [5.74, 6) is 1.39. The maximum Gasteiger partial charge on any atom is 0.363 e. The van der Waals surface area contributed by atoms with E-state index in [-0.39, 0.29) is 5.70 Å². The molecule has 1 aliphatic heterocycles. The number of carbonyl (C=O) groups excluding carboxylic acids is 1. The van der Waals surface area contributed by atoms with Crippen molar-refractivity contribution in [1.29, 1.82) is 0 Å². The van der Waals surface area contributed by atoms with Crippen molar-refractivity contribution in [1.82, 2.24) is 0 Å². The van der Waals surface area contributed by atoms with Gasteiger partial charge in [-0.25, -0.2) is 9.79 Å². The molecule has 0 saturated carbocycles. The van der Waals surface area contributed by atoms with Crippen molar-refractivity contribution in [3.63, 3.8) is 0 Å². The molecular weight excluding hydrogens is 378 g/mol. The maximum absolute atomic E-state index is 12.2. The zero-order valence-corrected chi connectivity index (χ0v) is 16.6. The summed E-state index contributed by atoms with van der Waals surface area (Å²) in [7, 11) is 0. The van der Waals surface area contributed by atoms with Gasteiger partial charge in [-0.3, -0.25) is 0 Å². The molecule has 0 radical (unpaired) electrons. The standard InChI is InChI=1S/C25H21NO4/c1-18-8-5-6-13-23(18)29-15-14-28-21-12-7-9-19(16-21)17-22-25(27)30-24(26-22)20-10-3-2-4-11-20/h2-13,16-17H,14-15H2,1H3/b22-17-. The molecule has 4 rings (SSSR count). The van der Waals surface area contributed by atoms with Gasteiger partial charge in [-0.1, -0.05) is 48.5 Å². The van der Waals surface area contributed by atoms with Crippen LogP contribution in [0.5, 0.6) is 11.5 Å². The first-order valence-corrected chi connectivity index (χ1v) is 9.68. The van der Waals surface area contributed by atoms with Crippen molar-refractivity contribution in [3.8, 4) is 11.5 Å². The van der Waals surface area contributed by atoms with Gasteiger partial charge in [0.15, 0.2) is 5.70 Å². The second-order valence-corrected chi connectivity index (χ2v) is 6.74. The van der Waals surface area contributed by atoms with Gasteiger partial charge in [0.25, 0.3) is 0 Å². The lowest BCUT2D eigenvalue weighted by atomic mass is 10.2. The average Bonchev–Trinajstić information content (AvgIpc) is 3.13. The van der Waals surface area contributed by atoms with Gasteiger partial charge in [0.1, 0.15) is 24.7 Å². The summed E-state index contributed by atoms with van der Waals surface area (Å²) >= 11 is 0. The minimum Gasteiger partial charge on any atom is -0.490 e. The zero-order valence-electron chi connectivity index (χ0n) is 16.6. The fraction of sp³-hybridized carbons (Fsp3) is 0.120. The first-order valence-electron chi connectivity index (χ1n) is 9.68. The van der Waals surface area contributed by atoms with Crippen LogP contribution in [0.2, 0.25) is 0 Å². The maximum atomic E-state index is 12.2. The number of hydrogen-bond acceptors (Lipinski definition) is 5. The van der Waals surface area contributed by atoms with E-state index in [1.54, 1.807) is 6.08 Å². The smallest absolute Gasteiger partial charge is 0.363 e. The summed E-state index contributed by atoms with van der Waals surface area (Å²) in [5, 5.41) is 0. The van der Waals surface area contributed by atoms with Crippen molar-refractivity contribution in [2.75, 3.05) is 13.2 Å². The Balaban J connectivity index is 1.39. The van der Waals surface area contributed by atoms with Crippen LogP contribution < -0.4 is 9.47 Å². The van der Waals surface area contributed by atoms with Crippen molar-refractivity contribution >= 4 is 17.9 Å². The van der Waals surface area contributed by atoms with Crippen LogP contribution in [-0.4, -0.2) is 25.1 Å². The molecule has 0 amide bonds. The topological polar surface area (TPSA) is 57.1 Å². The molecule has 0 unspecified atom stereocenters. The number of hydrogen-bond donors (Lipinski definition) is 0. The van der Waals surface area contributed by atoms with Crippen molar-refractivity contribution in [3.05, 3.63) is 101 Å². The summed E-state index contributed by atoms with van der Waals surface area (Å²) in [5.41, 5.74) is 2.91. The third-order valence-corrected chi connectivity index (χ3v) is 4.51. The Morgan fingerprint density at radius 1 is 0.900 bits per heavy atom. The van der Waals surface area contributed by atoms with Gasteiger partial charge in [0, 0.05) is 5.56 Å². The predicted octanol–water partition coefficient (Wildman–Crippen LogP) is 4.80. The van der Waals surface area contributed by atoms with E-state index >= 15 is 0 Å². The first-order chi connectivity index (χ1) is 14.7. The van der Waals surface area contributed by atoms with Gasteiger partial charge < -0.3 is 14.2 Å². The zero-order chi connectivity index (χ0) is 20.8. The molecule has 5 nitrogen and oxygen atoms in total. The number of aryl methyl sites for hydroxylation is 1. The molecule has 0 aromatic heterocycles. The number of cyclic esters (lactones) is 1.